The van der Waals surface area contributed by atoms with Gasteiger partial charge in [-0.05, 0) is 116 Å². The molecule has 0 aliphatic rings. The topological polar surface area (TPSA) is 78.9 Å². The van der Waals surface area contributed by atoms with Crippen LogP contribution in [-0.2, 0) is 28.6 Å². The molecule has 0 N–H and O–H groups in total. The molecule has 6 nitrogen and oxygen atoms in total. The van der Waals surface area contributed by atoms with Gasteiger partial charge in [-0.15, -0.1) is 0 Å². The van der Waals surface area contributed by atoms with Crippen LogP contribution in [0, 0.1) is 0 Å². The van der Waals surface area contributed by atoms with E-state index >= 15 is 0 Å². The third kappa shape index (κ3) is 61.6. The highest BCUT2D eigenvalue weighted by Crippen LogP contribution is 2.14. The van der Waals surface area contributed by atoms with Crippen LogP contribution in [0.15, 0.2) is 170 Å². The Morgan fingerprint density at radius 1 is 0.282 bits per heavy atom. The second-order valence-corrected chi connectivity index (χ2v) is 19.9. The molecular weight excluding hydrogens is 961 g/mol. The zero-order valence-electron chi connectivity index (χ0n) is 49.9. The zero-order chi connectivity index (χ0) is 56.4. The Morgan fingerprint density at radius 2 is 0.538 bits per heavy atom. The second kappa shape index (κ2) is 64.3. The number of hydrogen-bond donors (Lipinski definition) is 0. The molecule has 0 radical (unpaired) electrons. The van der Waals surface area contributed by atoms with Gasteiger partial charge in [-0.3, -0.25) is 14.4 Å². The van der Waals surface area contributed by atoms with Crippen LogP contribution in [0.5, 0.6) is 0 Å². The lowest BCUT2D eigenvalue weighted by molar-refractivity contribution is -0.166. The van der Waals surface area contributed by atoms with E-state index in [2.05, 4.69) is 179 Å². The maximum absolute atomic E-state index is 12.8. The molecule has 0 aliphatic carbocycles. The van der Waals surface area contributed by atoms with Crippen LogP contribution in [-0.4, -0.2) is 37.2 Å². The van der Waals surface area contributed by atoms with E-state index in [0.717, 1.165) is 141 Å². The molecule has 0 saturated carbocycles. The average Bonchev–Trinajstić information content (AvgIpc) is 3.44. The summed E-state index contributed by atoms with van der Waals surface area (Å²) in [5.41, 5.74) is 0. The number of rotatable bonds is 54. The van der Waals surface area contributed by atoms with Gasteiger partial charge in [0.1, 0.15) is 13.2 Å². The number of hydrogen-bond acceptors (Lipinski definition) is 6. The molecule has 0 fully saturated rings. The molecule has 0 rings (SSSR count). The minimum absolute atomic E-state index is 0.0861. The first-order chi connectivity index (χ1) is 38.5. The van der Waals surface area contributed by atoms with E-state index in [9.17, 15) is 14.4 Å². The lowest BCUT2D eigenvalue weighted by Gasteiger charge is -2.18. The standard InChI is InChI=1S/C72H112O6/c1-4-7-10-13-16-19-22-25-27-28-29-30-31-32-33-34-35-36-37-38-39-40-41-42-43-44-46-47-50-53-56-59-62-65-71(74)77-68-69(67-76-70(73)64-61-58-55-52-49-24-21-18-15-12-9-6-3)78-72(75)66-63-60-57-54-51-48-45-26-23-20-17-14-11-8-5-2/h7-8,10-11,16-17,19-20,25-27,29-30,32-33,35-36,38-39,41-42,44-46,51,54,60,63,69H,4-6,9,12-15,18,21-24,28,31,34,37,40,43,47-50,52-53,55-59,61-62,64-68H2,1-3H3/b10-7-,11-8-,19-16-,20-17-,27-25-,30-29-,33-32-,36-35-,39-38-,42-41-,45-26-,46-44-,54-51-,63-60-. The van der Waals surface area contributed by atoms with Gasteiger partial charge in [0.25, 0.3) is 0 Å². The van der Waals surface area contributed by atoms with Gasteiger partial charge in [0.2, 0.25) is 0 Å². The molecule has 1 atom stereocenters. The zero-order valence-corrected chi connectivity index (χ0v) is 49.9. The van der Waals surface area contributed by atoms with Crippen LogP contribution in [0.4, 0.5) is 0 Å². The number of unbranched alkanes of at least 4 members (excludes halogenated alkanes) is 16. The van der Waals surface area contributed by atoms with E-state index in [-0.39, 0.29) is 31.6 Å². The van der Waals surface area contributed by atoms with Crippen molar-refractivity contribution in [3.05, 3.63) is 170 Å². The van der Waals surface area contributed by atoms with E-state index in [1.807, 2.05) is 6.08 Å². The van der Waals surface area contributed by atoms with Crippen LogP contribution in [0.1, 0.15) is 245 Å². The SMILES string of the molecule is CC/C=C\C/C=C\C/C=C\C/C=C\C/C=C\C/C=C\C/C=C\C/C=C\C/C=C\CCCCCCCC(=O)OCC(COC(=O)CCCCCCCCCCCCCC)OC(=O)C/C=C\C/C=C\C/C=C\C/C=C\C/C=C\CC. The number of carbonyl (C=O) groups is 3. The van der Waals surface area contributed by atoms with Crippen molar-refractivity contribution < 1.29 is 28.6 Å². The number of carbonyl (C=O) groups excluding carboxylic acids is 3. The van der Waals surface area contributed by atoms with Crippen molar-refractivity contribution in [1.82, 2.24) is 0 Å². The van der Waals surface area contributed by atoms with Crippen molar-refractivity contribution >= 4 is 17.9 Å². The first-order valence-corrected chi connectivity index (χ1v) is 31.1. The predicted octanol–water partition coefficient (Wildman–Crippen LogP) is 21.5. The molecule has 0 saturated heterocycles. The maximum Gasteiger partial charge on any atom is 0.310 e. The molecule has 0 aromatic rings. The molecule has 0 aliphatic heterocycles. The van der Waals surface area contributed by atoms with Gasteiger partial charge < -0.3 is 14.2 Å². The van der Waals surface area contributed by atoms with Gasteiger partial charge in [-0.2, -0.15) is 0 Å². The highest BCUT2D eigenvalue weighted by molar-refractivity contribution is 5.72. The average molecular weight is 1070 g/mol. The summed E-state index contributed by atoms with van der Waals surface area (Å²) in [6.07, 6.45) is 95.3. The van der Waals surface area contributed by atoms with Crippen molar-refractivity contribution in [2.75, 3.05) is 13.2 Å². The van der Waals surface area contributed by atoms with Crippen LogP contribution < -0.4 is 0 Å². The fourth-order valence-electron chi connectivity index (χ4n) is 7.92. The third-order valence-electron chi connectivity index (χ3n) is 12.5. The fraction of sp³-hybridized carbons (Fsp3) is 0.569. The van der Waals surface area contributed by atoms with Crippen LogP contribution in [0.2, 0.25) is 0 Å². The first kappa shape index (κ1) is 72.8. The fourth-order valence-corrected chi connectivity index (χ4v) is 7.92. The molecule has 6 heteroatoms. The smallest absolute Gasteiger partial charge is 0.310 e. The van der Waals surface area contributed by atoms with Gasteiger partial charge in [0, 0.05) is 12.8 Å². The van der Waals surface area contributed by atoms with E-state index in [4.69, 9.17) is 14.2 Å². The quantitative estimate of drug-likeness (QED) is 0.0261. The summed E-state index contributed by atoms with van der Waals surface area (Å²) in [5.74, 6) is -1.09. The first-order valence-electron chi connectivity index (χ1n) is 31.1. The Hall–Kier alpha value is -5.23. The monoisotopic (exact) mass is 1070 g/mol. The van der Waals surface area contributed by atoms with Gasteiger partial charge in [0.15, 0.2) is 6.10 Å². The van der Waals surface area contributed by atoms with Crippen molar-refractivity contribution in [1.29, 1.82) is 0 Å². The largest absolute Gasteiger partial charge is 0.462 e. The van der Waals surface area contributed by atoms with E-state index < -0.39 is 12.1 Å². The summed E-state index contributed by atoms with van der Waals surface area (Å²) >= 11 is 0. The number of esters is 3. The highest BCUT2D eigenvalue weighted by Gasteiger charge is 2.19. The van der Waals surface area contributed by atoms with Gasteiger partial charge in [0.05, 0.1) is 6.42 Å². The molecule has 0 spiro atoms. The summed E-state index contributed by atoms with van der Waals surface area (Å²) in [6.45, 7) is 6.29. The summed E-state index contributed by atoms with van der Waals surface area (Å²) in [5, 5.41) is 0. The third-order valence-corrected chi connectivity index (χ3v) is 12.5. The molecule has 1 unspecified atom stereocenters. The normalized spacial score (nSPS) is 13.3. The van der Waals surface area contributed by atoms with Gasteiger partial charge in [-0.1, -0.05) is 281 Å². The molecule has 0 bridgehead atoms. The molecule has 436 valence electrons. The Labute approximate surface area is 479 Å². The number of allylic oxidation sites excluding steroid dienone is 27. The van der Waals surface area contributed by atoms with Crippen molar-refractivity contribution in [2.45, 2.75) is 252 Å². The molecule has 0 heterocycles. The van der Waals surface area contributed by atoms with E-state index in [1.54, 1.807) is 6.08 Å². The van der Waals surface area contributed by atoms with E-state index in [1.165, 1.54) is 57.8 Å². The minimum Gasteiger partial charge on any atom is -0.462 e. The molecule has 0 aromatic heterocycles. The number of ether oxygens (including phenoxy) is 3. The van der Waals surface area contributed by atoms with Crippen molar-refractivity contribution in [3.8, 4) is 0 Å². The summed E-state index contributed by atoms with van der Waals surface area (Å²) in [4.78, 5) is 38.1. The Morgan fingerprint density at radius 3 is 0.846 bits per heavy atom. The Bertz CT molecular complexity index is 1810. The molecular formula is C72H112O6. The Kier molecular flexibility index (Phi) is 60.0. The summed E-state index contributed by atoms with van der Waals surface area (Å²) < 4.78 is 16.7. The van der Waals surface area contributed by atoms with Crippen LogP contribution >= 0.6 is 0 Å². The second-order valence-electron chi connectivity index (χ2n) is 19.9. The minimum atomic E-state index is -0.847. The summed E-state index contributed by atoms with van der Waals surface area (Å²) in [6, 6.07) is 0. The van der Waals surface area contributed by atoms with E-state index in [0.29, 0.717) is 19.3 Å². The predicted molar refractivity (Wildman–Crippen MR) is 338 cm³/mol. The lowest BCUT2D eigenvalue weighted by Crippen LogP contribution is -2.30. The molecule has 0 aromatic carbocycles. The highest BCUT2D eigenvalue weighted by atomic mass is 16.6. The summed E-state index contributed by atoms with van der Waals surface area (Å²) in [7, 11) is 0. The molecule has 78 heavy (non-hydrogen) atoms. The maximum atomic E-state index is 12.8. The van der Waals surface area contributed by atoms with Crippen molar-refractivity contribution in [3.63, 3.8) is 0 Å². The Balaban J connectivity index is 4.39. The van der Waals surface area contributed by atoms with Crippen LogP contribution in [0.25, 0.3) is 0 Å². The lowest BCUT2D eigenvalue weighted by atomic mass is 10.0. The van der Waals surface area contributed by atoms with Crippen LogP contribution in [0.3, 0.4) is 0 Å². The van der Waals surface area contributed by atoms with Gasteiger partial charge >= 0.3 is 17.9 Å². The van der Waals surface area contributed by atoms with Crippen molar-refractivity contribution in [2.24, 2.45) is 0 Å². The van der Waals surface area contributed by atoms with Gasteiger partial charge in [-0.25, -0.2) is 0 Å². The molecule has 0 amide bonds.